The third-order valence-corrected chi connectivity index (χ3v) is 3.90. The van der Waals surface area contributed by atoms with E-state index in [-0.39, 0.29) is 11.8 Å². The summed E-state index contributed by atoms with van der Waals surface area (Å²) in [6, 6.07) is 8.63. The van der Waals surface area contributed by atoms with Crippen molar-refractivity contribution in [3.8, 4) is 16.9 Å². The Morgan fingerprint density at radius 1 is 1.08 bits per heavy atom. The Bertz CT molecular complexity index is 738. The molecule has 25 heavy (non-hydrogen) atoms. The molecular formula is C18H18F3NO3. The molecule has 0 saturated heterocycles. The van der Waals surface area contributed by atoms with Crippen molar-refractivity contribution in [2.75, 3.05) is 0 Å². The average Bonchev–Trinajstić information content (AvgIpc) is 2.59. The number of alkyl halides is 3. The summed E-state index contributed by atoms with van der Waals surface area (Å²) in [6.07, 6.45) is -3.01. The molecule has 0 heterocycles. The molecule has 0 unspecified atom stereocenters. The first-order chi connectivity index (χ1) is 11.8. The molecule has 7 heteroatoms. The largest absolute Gasteiger partial charge is 0.490 e. The molecule has 2 aromatic carbocycles. The molecule has 0 bridgehead atoms. The second-order valence-electron chi connectivity index (χ2n) is 5.57. The summed E-state index contributed by atoms with van der Waals surface area (Å²) < 4.78 is 44.0. The predicted octanol–water partition coefficient (Wildman–Crippen LogP) is 5.85. The second kappa shape index (κ2) is 7.55. The Kier molecular flexibility index (Phi) is 5.66. The molecule has 0 amide bonds. The van der Waals surface area contributed by atoms with Crippen LogP contribution in [0.4, 0.5) is 18.9 Å². The zero-order valence-electron chi connectivity index (χ0n) is 13.8. The van der Waals surface area contributed by atoms with E-state index in [4.69, 9.17) is 4.74 Å². The highest BCUT2D eigenvalue weighted by atomic mass is 19.4. The maximum Gasteiger partial charge on any atom is 0.416 e. The number of non-ortho nitro benzene ring substituents is 1. The first kappa shape index (κ1) is 18.8. The van der Waals surface area contributed by atoms with E-state index in [1.54, 1.807) is 0 Å². The Balaban J connectivity index is 2.48. The lowest BCUT2D eigenvalue weighted by Gasteiger charge is -2.18. The van der Waals surface area contributed by atoms with E-state index < -0.39 is 16.7 Å². The van der Waals surface area contributed by atoms with Gasteiger partial charge in [-0.15, -0.1) is 0 Å². The molecule has 0 fully saturated rings. The van der Waals surface area contributed by atoms with Crippen LogP contribution in [0.15, 0.2) is 42.5 Å². The van der Waals surface area contributed by atoms with E-state index in [1.807, 2.05) is 13.8 Å². The summed E-state index contributed by atoms with van der Waals surface area (Å²) in [6.45, 7) is 3.91. The van der Waals surface area contributed by atoms with Crippen LogP contribution in [0.1, 0.15) is 32.3 Å². The van der Waals surface area contributed by atoms with Crippen molar-refractivity contribution >= 4 is 5.69 Å². The van der Waals surface area contributed by atoms with Crippen LogP contribution >= 0.6 is 0 Å². The fourth-order valence-electron chi connectivity index (χ4n) is 2.43. The van der Waals surface area contributed by atoms with Gasteiger partial charge in [-0.25, -0.2) is 0 Å². The van der Waals surface area contributed by atoms with E-state index in [1.165, 1.54) is 30.3 Å². The van der Waals surface area contributed by atoms with Crippen LogP contribution in [0, 0.1) is 10.1 Å². The Hall–Kier alpha value is -2.57. The number of hydrogen-bond acceptors (Lipinski definition) is 3. The van der Waals surface area contributed by atoms with Crippen LogP contribution in [-0.2, 0) is 6.18 Å². The Morgan fingerprint density at radius 3 is 2.16 bits per heavy atom. The molecule has 0 N–H and O–H groups in total. The fourth-order valence-corrected chi connectivity index (χ4v) is 2.43. The van der Waals surface area contributed by atoms with Crippen molar-refractivity contribution in [3.63, 3.8) is 0 Å². The van der Waals surface area contributed by atoms with Crippen molar-refractivity contribution in [1.82, 2.24) is 0 Å². The molecular weight excluding hydrogens is 335 g/mol. The number of rotatable bonds is 6. The van der Waals surface area contributed by atoms with Gasteiger partial charge in [0.05, 0.1) is 16.6 Å². The number of nitro groups is 1. The molecule has 4 nitrogen and oxygen atoms in total. The normalized spacial score (nSPS) is 11.6. The molecule has 0 aliphatic heterocycles. The summed E-state index contributed by atoms with van der Waals surface area (Å²) in [7, 11) is 0. The van der Waals surface area contributed by atoms with Crippen molar-refractivity contribution in [1.29, 1.82) is 0 Å². The molecule has 0 spiro atoms. The highest BCUT2D eigenvalue weighted by Crippen LogP contribution is 2.36. The molecule has 0 aliphatic rings. The van der Waals surface area contributed by atoms with Gasteiger partial charge in [-0.2, -0.15) is 13.2 Å². The number of benzene rings is 2. The van der Waals surface area contributed by atoms with Crippen molar-refractivity contribution in [2.45, 2.75) is 39.0 Å². The van der Waals surface area contributed by atoms with E-state index in [0.29, 0.717) is 16.9 Å². The summed E-state index contributed by atoms with van der Waals surface area (Å²) in [5.74, 6) is 0.416. The molecule has 0 atom stereocenters. The van der Waals surface area contributed by atoms with Gasteiger partial charge in [-0.1, -0.05) is 26.0 Å². The van der Waals surface area contributed by atoms with Gasteiger partial charge in [0.1, 0.15) is 5.75 Å². The lowest BCUT2D eigenvalue weighted by Crippen LogP contribution is -2.14. The van der Waals surface area contributed by atoms with Crippen molar-refractivity contribution < 1.29 is 22.8 Å². The predicted molar refractivity (Wildman–Crippen MR) is 88.5 cm³/mol. The molecule has 0 saturated carbocycles. The number of halogens is 3. The van der Waals surface area contributed by atoms with Crippen LogP contribution in [0.25, 0.3) is 11.1 Å². The van der Waals surface area contributed by atoms with Crippen molar-refractivity contribution in [2.24, 2.45) is 0 Å². The lowest BCUT2D eigenvalue weighted by molar-refractivity contribution is -0.384. The van der Waals surface area contributed by atoms with Crippen molar-refractivity contribution in [3.05, 3.63) is 58.1 Å². The molecule has 2 aromatic rings. The number of ether oxygens (including phenoxy) is 1. The SMILES string of the molecule is CCC(CC)Oc1ccc([N+](=O)[O-])cc1-c1ccc(C(F)(F)F)cc1. The van der Waals surface area contributed by atoms with E-state index in [9.17, 15) is 23.3 Å². The zero-order chi connectivity index (χ0) is 18.6. The lowest BCUT2D eigenvalue weighted by atomic mass is 10.0. The molecule has 2 rings (SSSR count). The standard InChI is InChI=1S/C18H18F3NO3/c1-3-15(4-2)25-17-10-9-14(22(23)24)11-16(17)12-5-7-13(8-6-12)18(19,20)21/h5-11,15H,3-4H2,1-2H3. The monoisotopic (exact) mass is 353 g/mol. The molecule has 0 radical (unpaired) electrons. The minimum atomic E-state index is -4.43. The highest BCUT2D eigenvalue weighted by Gasteiger charge is 2.30. The Morgan fingerprint density at radius 2 is 1.68 bits per heavy atom. The van der Waals surface area contributed by atoms with Gasteiger partial charge < -0.3 is 4.74 Å². The van der Waals surface area contributed by atoms with Gasteiger partial charge >= 0.3 is 6.18 Å². The van der Waals surface area contributed by atoms with Gasteiger partial charge in [0.15, 0.2) is 0 Å². The summed E-state index contributed by atoms with van der Waals surface area (Å²) in [4.78, 5) is 10.5. The van der Waals surface area contributed by atoms with E-state index in [2.05, 4.69) is 0 Å². The third-order valence-electron chi connectivity index (χ3n) is 3.90. The van der Waals surface area contributed by atoms with E-state index >= 15 is 0 Å². The van der Waals surface area contributed by atoms with Gasteiger partial charge in [0.25, 0.3) is 5.69 Å². The van der Waals surface area contributed by atoms with Crippen LogP contribution in [-0.4, -0.2) is 11.0 Å². The highest BCUT2D eigenvalue weighted by molar-refractivity contribution is 5.73. The van der Waals surface area contributed by atoms with Gasteiger partial charge in [0.2, 0.25) is 0 Å². The fraction of sp³-hybridized carbons (Fsp3) is 0.333. The van der Waals surface area contributed by atoms with Gasteiger partial charge in [0, 0.05) is 17.7 Å². The average molecular weight is 353 g/mol. The number of nitrogens with zero attached hydrogens (tertiary/aromatic N) is 1. The zero-order valence-corrected chi connectivity index (χ0v) is 13.8. The maximum absolute atomic E-state index is 12.7. The summed E-state index contributed by atoms with van der Waals surface area (Å²) in [5, 5.41) is 11.0. The van der Waals surface area contributed by atoms with E-state index in [0.717, 1.165) is 25.0 Å². The topological polar surface area (TPSA) is 52.4 Å². The van der Waals surface area contributed by atoms with Gasteiger partial charge in [-0.3, -0.25) is 10.1 Å². The first-order valence-corrected chi connectivity index (χ1v) is 7.89. The third kappa shape index (κ3) is 4.49. The van der Waals surface area contributed by atoms with Crippen LogP contribution < -0.4 is 4.74 Å². The Labute approximate surface area is 143 Å². The quantitative estimate of drug-likeness (QED) is 0.484. The van der Waals surface area contributed by atoms with Crippen LogP contribution in [0.5, 0.6) is 5.75 Å². The second-order valence-corrected chi connectivity index (χ2v) is 5.57. The molecule has 0 aliphatic carbocycles. The number of nitro benzene ring substituents is 1. The summed E-state index contributed by atoms with van der Waals surface area (Å²) >= 11 is 0. The van der Waals surface area contributed by atoms with Crippen LogP contribution in [0.3, 0.4) is 0 Å². The van der Waals surface area contributed by atoms with Crippen LogP contribution in [0.2, 0.25) is 0 Å². The van der Waals surface area contributed by atoms with Gasteiger partial charge in [-0.05, 0) is 36.6 Å². The minimum absolute atomic E-state index is 0.0744. The summed E-state index contributed by atoms with van der Waals surface area (Å²) in [5.41, 5.74) is -0.0941. The minimum Gasteiger partial charge on any atom is -0.490 e. The molecule has 134 valence electrons. The maximum atomic E-state index is 12.7. The first-order valence-electron chi connectivity index (χ1n) is 7.89. The smallest absolute Gasteiger partial charge is 0.416 e. The molecule has 0 aromatic heterocycles. The number of hydrogen-bond donors (Lipinski definition) is 0.